The Morgan fingerprint density at radius 3 is 2.81 bits per heavy atom. The molecule has 0 aliphatic carbocycles. The number of hydrogen-bond donors (Lipinski definition) is 1. The van der Waals surface area contributed by atoms with Crippen molar-refractivity contribution < 1.29 is 9.18 Å². The van der Waals surface area contributed by atoms with Crippen molar-refractivity contribution >= 4 is 38.7 Å². The van der Waals surface area contributed by atoms with Gasteiger partial charge in [-0.3, -0.25) is 4.79 Å². The Kier molecular flexibility index (Phi) is 4.41. The summed E-state index contributed by atoms with van der Waals surface area (Å²) in [6.45, 7) is 1.86. The number of nitrogens with zero attached hydrogens (tertiary/aromatic N) is 4. The first kappa shape index (κ1) is 17.3. The van der Waals surface area contributed by atoms with E-state index in [9.17, 15) is 9.18 Å². The predicted octanol–water partition coefficient (Wildman–Crippen LogP) is 4.28. The third kappa shape index (κ3) is 3.31. The van der Waals surface area contributed by atoms with Crippen LogP contribution in [0.1, 0.15) is 15.9 Å². The molecule has 0 unspecified atom stereocenters. The van der Waals surface area contributed by atoms with Crippen molar-refractivity contribution in [3.63, 3.8) is 0 Å². The van der Waals surface area contributed by atoms with Gasteiger partial charge in [0, 0.05) is 16.2 Å². The fourth-order valence-electron chi connectivity index (χ4n) is 2.75. The minimum absolute atomic E-state index is 0.122. The molecule has 4 aromatic rings. The van der Waals surface area contributed by atoms with Crippen LogP contribution in [0.5, 0.6) is 0 Å². The standard InChI is InChI=1S/C19H13BrFN5O/c1-11-9-12(19(27)23-15-6-5-13(20)10-14(15)21)4-7-17(11)26-18-16(24-25-26)3-2-8-22-18/h2-10H,1H3,(H,23,27). The Morgan fingerprint density at radius 2 is 2.04 bits per heavy atom. The second-order valence-electron chi connectivity index (χ2n) is 5.93. The number of amides is 1. The third-order valence-corrected chi connectivity index (χ3v) is 4.57. The number of rotatable bonds is 3. The number of aromatic nitrogens is 4. The Labute approximate surface area is 162 Å². The first-order valence-electron chi connectivity index (χ1n) is 8.07. The van der Waals surface area contributed by atoms with Gasteiger partial charge in [0.15, 0.2) is 5.65 Å². The number of carbonyl (C=O) groups excluding carboxylic acids is 1. The molecule has 0 radical (unpaired) electrons. The highest BCUT2D eigenvalue weighted by Crippen LogP contribution is 2.22. The molecule has 134 valence electrons. The summed E-state index contributed by atoms with van der Waals surface area (Å²) < 4.78 is 16.2. The quantitative estimate of drug-likeness (QED) is 0.531. The van der Waals surface area contributed by atoms with E-state index in [-0.39, 0.29) is 5.69 Å². The summed E-state index contributed by atoms with van der Waals surface area (Å²) in [4.78, 5) is 16.8. The molecule has 1 amide bonds. The number of aryl methyl sites for hydroxylation is 1. The number of hydrogen-bond acceptors (Lipinski definition) is 4. The van der Waals surface area contributed by atoms with E-state index in [2.05, 4.69) is 36.5 Å². The van der Waals surface area contributed by atoms with Crippen LogP contribution < -0.4 is 5.32 Å². The van der Waals surface area contributed by atoms with E-state index >= 15 is 0 Å². The lowest BCUT2D eigenvalue weighted by Gasteiger charge is -2.10. The SMILES string of the molecule is Cc1cc(C(=O)Nc2ccc(Br)cc2F)ccc1-n1nnc2cccnc21. The van der Waals surface area contributed by atoms with Crippen LogP contribution in [0.25, 0.3) is 16.9 Å². The van der Waals surface area contributed by atoms with Gasteiger partial charge in [-0.15, -0.1) is 5.10 Å². The molecular weight excluding hydrogens is 413 g/mol. The van der Waals surface area contributed by atoms with E-state index in [0.717, 1.165) is 11.3 Å². The number of pyridine rings is 1. The first-order chi connectivity index (χ1) is 13.0. The maximum Gasteiger partial charge on any atom is 0.255 e. The lowest BCUT2D eigenvalue weighted by Crippen LogP contribution is -2.13. The van der Waals surface area contributed by atoms with Crippen molar-refractivity contribution in [1.82, 2.24) is 20.0 Å². The molecule has 6 nitrogen and oxygen atoms in total. The van der Waals surface area contributed by atoms with Gasteiger partial charge in [0.25, 0.3) is 5.91 Å². The van der Waals surface area contributed by atoms with Gasteiger partial charge in [-0.2, -0.15) is 4.68 Å². The van der Waals surface area contributed by atoms with Crippen molar-refractivity contribution in [2.75, 3.05) is 5.32 Å². The molecule has 1 N–H and O–H groups in total. The van der Waals surface area contributed by atoms with E-state index in [0.29, 0.717) is 21.2 Å². The summed E-state index contributed by atoms with van der Waals surface area (Å²) in [7, 11) is 0. The minimum atomic E-state index is -0.508. The van der Waals surface area contributed by atoms with Crippen LogP contribution in [0, 0.1) is 12.7 Å². The third-order valence-electron chi connectivity index (χ3n) is 4.08. The fourth-order valence-corrected chi connectivity index (χ4v) is 3.08. The van der Waals surface area contributed by atoms with E-state index in [1.807, 2.05) is 13.0 Å². The van der Waals surface area contributed by atoms with Crippen LogP contribution in [0.2, 0.25) is 0 Å². The molecule has 2 heterocycles. The van der Waals surface area contributed by atoms with Crippen molar-refractivity contribution in [1.29, 1.82) is 0 Å². The van der Waals surface area contributed by atoms with E-state index < -0.39 is 11.7 Å². The van der Waals surface area contributed by atoms with Gasteiger partial charge in [0.05, 0.1) is 11.4 Å². The summed E-state index contributed by atoms with van der Waals surface area (Å²) >= 11 is 3.19. The highest BCUT2D eigenvalue weighted by Gasteiger charge is 2.14. The average Bonchev–Trinajstić information content (AvgIpc) is 3.08. The molecule has 0 aliphatic rings. The molecule has 0 atom stereocenters. The molecule has 0 spiro atoms. The lowest BCUT2D eigenvalue weighted by atomic mass is 10.1. The highest BCUT2D eigenvalue weighted by atomic mass is 79.9. The Hall–Kier alpha value is -3.13. The van der Waals surface area contributed by atoms with Crippen LogP contribution in [0.3, 0.4) is 0 Å². The minimum Gasteiger partial charge on any atom is -0.319 e. The molecule has 0 fully saturated rings. The topological polar surface area (TPSA) is 72.7 Å². The number of anilines is 1. The van der Waals surface area contributed by atoms with E-state index in [4.69, 9.17) is 0 Å². The largest absolute Gasteiger partial charge is 0.319 e. The molecule has 4 rings (SSSR count). The monoisotopic (exact) mass is 425 g/mol. The molecule has 0 saturated carbocycles. The smallest absolute Gasteiger partial charge is 0.255 e. The van der Waals surface area contributed by atoms with Crippen LogP contribution >= 0.6 is 15.9 Å². The van der Waals surface area contributed by atoms with E-state index in [1.54, 1.807) is 41.2 Å². The second kappa shape index (κ2) is 6.88. The molecule has 0 bridgehead atoms. The van der Waals surface area contributed by atoms with Crippen LogP contribution in [-0.4, -0.2) is 25.9 Å². The van der Waals surface area contributed by atoms with Gasteiger partial charge in [0.2, 0.25) is 0 Å². The summed E-state index contributed by atoms with van der Waals surface area (Å²) in [5, 5.41) is 10.8. The number of benzene rings is 2. The Bertz CT molecular complexity index is 1170. The zero-order valence-corrected chi connectivity index (χ0v) is 15.7. The number of fused-ring (bicyclic) bond motifs is 1. The van der Waals surface area contributed by atoms with Gasteiger partial charge >= 0.3 is 0 Å². The fraction of sp³-hybridized carbons (Fsp3) is 0.0526. The molecule has 2 aromatic heterocycles. The molecule has 0 aliphatic heterocycles. The number of carbonyl (C=O) groups is 1. The van der Waals surface area contributed by atoms with Gasteiger partial charge in [0.1, 0.15) is 11.3 Å². The highest BCUT2D eigenvalue weighted by molar-refractivity contribution is 9.10. The van der Waals surface area contributed by atoms with Gasteiger partial charge in [-0.1, -0.05) is 21.1 Å². The maximum absolute atomic E-state index is 13.9. The number of nitrogens with one attached hydrogen (secondary N) is 1. The van der Waals surface area contributed by atoms with Crippen LogP contribution in [0.4, 0.5) is 10.1 Å². The van der Waals surface area contributed by atoms with Crippen molar-refractivity contribution in [3.8, 4) is 5.69 Å². The second-order valence-corrected chi connectivity index (χ2v) is 6.84. The molecule has 0 saturated heterocycles. The van der Waals surface area contributed by atoms with Gasteiger partial charge in [-0.25, -0.2) is 9.37 Å². The summed E-state index contributed by atoms with van der Waals surface area (Å²) in [5.41, 5.74) is 3.44. The molecule has 8 heteroatoms. The normalized spacial score (nSPS) is 10.9. The summed E-state index contributed by atoms with van der Waals surface area (Å²) in [6.07, 6.45) is 1.67. The number of halogens is 2. The van der Waals surface area contributed by atoms with E-state index in [1.165, 1.54) is 12.1 Å². The average molecular weight is 426 g/mol. The van der Waals surface area contributed by atoms with Crippen molar-refractivity contribution in [2.45, 2.75) is 6.92 Å². The summed E-state index contributed by atoms with van der Waals surface area (Å²) in [6, 6.07) is 13.2. The Balaban J connectivity index is 1.64. The van der Waals surface area contributed by atoms with Crippen molar-refractivity contribution in [3.05, 3.63) is 76.1 Å². The molecular formula is C19H13BrFN5O. The van der Waals surface area contributed by atoms with Crippen molar-refractivity contribution in [2.24, 2.45) is 0 Å². The Morgan fingerprint density at radius 1 is 1.19 bits per heavy atom. The lowest BCUT2D eigenvalue weighted by molar-refractivity contribution is 0.102. The maximum atomic E-state index is 13.9. The van der Waals surface area contributed by atoms with Crippen LogP contribution in [0.15, 0.2) is 59.2 Å². The zero-order valence-electron chi connectivity index (χ0n) is 14.1. The van der Waals surface area contributed by atoms with Crippen LogP contribution in [-0.2, 0) is 0 Å². The summed E-state index contributed by atoms with van der Waals surface area (Å²) in [5.74, 6) is -0.904. The molecule has 2 aromatic carbocycles. The predicted molar refractivity (Wildman–Crippen MR) is 103 cm³/mol. The first-order valence-corrected chi connectivity index (χ1v) is 8.86. The molecule has 27 heavy (non-hydrogen) atoms. The zero-order chi connectivity index (χ0) is 19.0. The van der Waals surface area contributed by atoms with Gasteiger partial charge in [-0.05, 0) is 61.0 Å². The van der Waals surface area contributed by atoms with Gasteiger partial charge < -0.3 is 5.32 Å².